The van der Waals surface area contributed by atoms with Crippen molar-refractivity contribution in [3.63, 3.8) is 0 Å². The summed E-state index contributed by atoms with van der Waals surface area (Å²) in [6, 6.07) is 21.3. The molecule has 0 saturated heterocycles. The van der Waals surface area contributed by atoms with Gasteiger partial charge in [0.2, 0.25) is 0 Å². The van der Waals surface area contributed by atoms with Gasteiger partial charge in [-0.1, -0.05) is 30.3 Å². The molecule has 0 spiro atoms. The highest BCUT2D eigenvalue weighted by Crippen LogP contribution is 2.25. The number of carbonyl (C=O) groups excluding carboxylic acids is 1. The van der Waals surface area contributed by atoms with Crippen molar-refractivity contribution in [1.82, 2.24) is 25.0 Å². The van der Waals surface area contributed by atoms with Crippen molar-refractivity contribution in [2.24, 2.45) is 0 Å². The number of para-hydroxylation sites is 1. The minimum atomic E-state index is -0.189. The molecular weight excluding hydrogens is 414 g/mol. The summed E-state index contributed by atoms with van der Waals surface area (Å²) in [5.74, 6) is 0.597. The Morgan fingerprint density at radius 3 is 2.61 bits per heavy atom. The molecular formula is C26H27N5O2. The van der Waals surface area contributed by atoms with Gasteiger partial charge in [-0.25, -0.2) is 4.68 Å². The van der Waals surface area contributed by atoms with Crippen molar-refractivity contribution in [3.05, 3.63) is 96.4 Å². The van der Waals surface area contributed by atoms with E-state index < -0.39 is 0 Å². The van der Waals surface area contributed by atoms with E-state index >= 15 is 0 Å². The van der Waals surface area contributed by atoms with Gasteiger partial charge in [-0.15, -0.1) is 0 Å². The van der Waals surface area contributed by atoms with Crippen LogP contribution in [0, 0.1) is 0 Å². The van der Waals surface area contributed by atoms with Crippen LogP contribution in [0.15, 0.2) is 85.3 Å². The zero-order valence-corrected chi connectivity index (χ0v) is 19.0. The molecule has 0 saturated carbocycles. The Kier molecular flexibility index (Phi) is 6.80. The normalized spacial score (nSPS) is 11.9. The lowest BCUT2D eigenvalue weighted by Gasteiger charge is -2.25. The predicted octanol–water partition coefficient (Wildman–Crippen LogP) is 3.98. The number of carbonyl (C=O) groups is 1. The Hall–Kier alpha value is -3.97. The van der Waals surface area contributed by atoms with Gasteiger partial charge in [0.15, 0.2) is 0 Å². The molecule has 1 atom stereocenters. The van der Waals surface area contributed by atoms with E-state index in [0.717, 1.165) is 22.6 Å². The van der Waals surface area contributed by atoms with Crippen LogP contribution < -0.4 is 10.1 Å². The third kappa shape index (κ3) is 5.10. The van der Waals surface area contributed by atoms with E-state index in [-0.39, 0.29) is 11.9 Å². The molecule has 4 aromatic rings. The summed E-state index contributed by atoms with van der Waals surface area (Å²) in [6.45, 7) is 0.433. The summed E-state index contributed by atoms with van der Waals surface area (Å²) >= 11 is 0. The minimum Gasteiger partial charge on any atom is -0.497 e. The first-order valence-corrected chi connectivity index (χ1v) is 10.7. The maximum atomic E-state index is 13.3. The lowest BCUT2D eigenvalue weighted by molar-refractivity contribution is 0.0942. The van der Waals surface area contributed by atoms with Crippen LogP contribution in [0.4, 0.5) is 0 Å². The third-order valence-corrected chi connectivity index (χ3v) is 5.47. The molecule has 168 valence electrons. The molecule has 2 aromatic carbocycles. The second kappa shape index (κ2) is 10.1. The molecule has 0 fully saturated rings. The topological polar surface area (TPSA) is 72.3 Å². The van der Waals surface area contributed by atoms with Gasteiger partial charge in [-0.3, -0.25) is 9.78 Å². The fourth-order valence-electron chi connectivity index (χ4n) is 3.70. The first kappa shape index (κ1) is 22.2. The first-order chi connectivity index (χ1) is 16.1. The number of rotatable bonds is 8. The number of ether oxygens (including phenoxy) is 1. The summed E-state index contributed by atoms with van der Waals surface area (Å²) in [5.41, 5.74) is 3.81. The average molecular weight is 442 g/mol. The van der Waals surface area contributed by atoms with Gasteiger partial charge in [0.25, 0.3) is 5.91 Å². The molecule has 7 heteroatoms. The number of benzene rings is 2. The fraction of sp³-hybridized carbons (Fsp3) is 0.192. The Bertz CT molecular complexity index is 1210. The number of hydrogen-bond acceptors (Lipinski definition) is 5. The van der Waals surface area contributed by atoms with Gasteiger partial charge >= 0.3 is 0 Å². The van der Waals surface area contributed by atoms with Gasteiger partial charge in [0, 0.05) is 30.7 Å². The Balaban J connectivity index is 1.62. The van der Waals surface area contributed by atoms with Crippen LogP contribution in [-0.4, -0.2) is 53.3 Å². The number of aromatic nitrogens is 3. The van der Waals surface area contributed by atoms with Crippen LogP contribution in [0.3, 0.4) is 0 Å². The van der Waals surface area contributed by atoms with Gasteiger partial charge in [-0.2, -0.15) is 5.10 Å². The Morgan fingerprint density at radius 1 is 1.09 bits per heavy atom. The Morgan fingerprint density at radius 2 is 1.91 bits per heavy atom. The first-order valence-electron chi connectivity index (χ1n) is 10.7. The minimum absolute atomic E-state index is 0.0185. The van der Waals surface area contributed by atoms with Crippen molar-refractivity contribution in [2.45, 2.75) is 6.04 Å². The highest BCUT2D eigenvalue weighted by Gasteiger charge is 2.21. The number of nitrogens with zero attached hydrogens (tertiary/aromatic N) is 4. The van der Waals surface area contributed by atoms with Crippen molar-refractivity contribution in [1.29, 1.82) is 0 Å². The molecule has 1 N–H and O–H groups in total. The van der Waals surface area contributed by atoms with Crippen molar-refractivity contribution < 1.29 is 9.53 Å². The molecule has 4 rings (SSSR count). The molecule has 33 heavy (non-hydrogen) atoms. The van der Waals surface area contributed by atoms with E-state index in [1.54, 1.807) is 30.4 Å². The van der Waals surface area contributed by atoms with Crippen molar-refractivity contribution in [3.8, 4) is 22.7 Å². The molecule has 0 radical (unpaired) electrons. The van der Waals surface area contributed by atoms with E-state index in [9.17, 15) is 4.79 Å². The van der Waals surface area contributed by atoms with Crippen molar-refractivity contribution in [2.75, 3.05) is 27.7 Å². The maximum absolute atomic E-state index is 13.3. The summed E-state index contributed by atoms with van der Waals surface area (Å²) in [5, 5.41) is 7.80. The SMILES string of the molecule is COc1cccc(C(CNC(=O)c2cn(-c3ccccc3)nc2-c2cccnc2)N(C)C)c1. The number of likely N-dealkylation sites (N-methyl/N-ethyl adjacent to an activating group) is 1. The fourth-order valence-corrected chi connectivity index (χ4v) is 3.70. The lowest BCUT2D eigenvalue weighted by atomic mass is 10.0. The average Bonchev–Trinajstić information content (AvgIpc) is 3.31. The molecule has 1 amide bonds. The highest BCUT2D eigenvalue weighted by molar-refractivity contribution is 5.99. The van der Waals surface area contributed by atoms with E-state index in [1.807, 2.05) is 80.8 Å². The second-order valence-electron chi connectivity index (χ2n) is 7.88. The van der Waals surface area contributed by atoms with Crippen LogP contribution in [-0.2, 0) is 0 Å². The largest absolute Gasteiger partial charge is 0.497 e. The summed E-state index contributed by atoms with van der Waals surface area (Å²) in [4.78, 5) is 19.6. The van der Waals surface area contributed by atoms with E-state index in [0.29, 0.717) is 17.8 Å². The molecule has 0 aliphatic carbocycles. The number of nitrogens with one attached hydrogen (secondary N) is 1. The van der Waals surface area contributed by atoms with Crippen molar-refractivity contribution >= 4 is 5.91 Å². The van der Waals surface area contributed by atoms with E-state index in [1.165, 1.54) is 0 Å². The van der Waals surface area contributed by atoms with Crippen LogP contribution in [0.5, 0.6) is 5.75 Å². The zero-order valence-electron chi connectivity index (χ0n) is 19.0. The summed E-state index contributed by atoms with van der Waals surface area (Å²) < 4.78 is 7.09. The monoisotopic (exact) mass is 441 g/mol. The maximum Gasteiger partial charge on any atom is 0.255 e. The number of amides is 1. The van der Waals surface area contributed by atoms with Gasteiger partial charge in [-0.05, 0) is 56.1 Å². The molecule has 0 aliphatic heterocycles. The van der Waals surface area contributed by atoms with Gasteiger partial charge < -0.3 is 15.0 Å². The number of methoxy groups -OCH3 is 1. The smallest absolute Gasteiger partial charge is 0.255 e. The van der Waals surface area contributed by atoms with Crippen LogP contribution in [0.1, 0.15) is 22.0 Å². The number of hydrogen-bond donors (Lipinski definition) is 1. The van der Waals surface area contributed by atoms with E-state index in [2.05, 4.69) is 15.2 Å². The molecule has 0 bridgehead atoms. The predicted molar refractivity (Wildman–Crippen MR) is 129 cm³/mol. The second-order valence-corrected chi connectivity index (χ2v) is 7.88. The quantitative estimate of drug-likeness (QED) is 0.448. The molecule has 2 aromatic heterocycles. The molecule has 2 heterocycles. The molecule has 0 aliphatic rings. The molecule has 7 nitrogen and oxygen atoms in total. The summed E-state index contributed by atoms with van der Waals surface area (Å²) in [7, 11) is 5.63. The van der Waals surface area contributed by atoms with Gasteiger partial charge in [0.05, 0.1) is 24.4 Å². The summed E-state index contributed by atoms with van der Waals surface area (Å²) in [6.07, 6.45) is 5.18. The Labute approximate surface area is 193 Å². The standard InChI is InChI=1S/C26H27N5O2/c1-30(2)24(19-9-7-13-22(15-19)33-3)17-28-26(32)23-18-31(21-11-5-4-6-12-21)29-25(23)20-10-8-14-27-16-20/h4-16,18,24H,17H2,1-3H3,(H,28,32). The van der Waals surface area contributed by atoms with E-state index in [4.69, 9.17) is 9.84 Å². The zero-order chi connectivity index (χ0) is 23.2. The lowest BCUT2D eigenvalue weighted by Crippen LogP contribution is -2.34. The van der Waals surface area contributed by atoms with Crippen LogP contribution >= 0.6 is 0 Å². The molecule has 1 unspecified atom stereocenters. The highest BCUT2D eigenvalue weighted by atomic mass is 16.5. The third-order valence-electron chi connectivity index (χ3n) is 5.47. The number of pyridine rings is 1. The van der Waals surface area contributed by atoms with Gasteiger partial charge in [0.1, 0.15) is 11.4 Å². The van der Waals surface area contributed by atoms with Crippen LogP contribution in [0.2, 0.25) is 0 Å². The van der Waals surface area contributed by atoms with Crippen LogP contribution in [0.25, 0.3) is 16.9 Å².